The van der Waals surface area contributed by atoms with Crippen molar-refractivity contribution in [3.8, 4) is 5.88 Å². The number of carbonyl (C=O) groups is 1. The van der Waals surface area contributed by atoms with Gasteiger partial charge < -0.3 is 15.0 Å². The summed E-state index contributed by atoms with van der Waals surface area (Å²) < 4.78 is 5.01. The van der Waals surface area contributed by atoms with Crippen molar-refractivity contribution < 1.29 is 9.53 Å². The van der Waals surface area contributed by atoms with E-state index in [1.54, 1.807) is 19.2 Å². The molecule has 2 aromatic heterocycles. The monoisotopic (exact) mass is 324 g/mol. The van der Waals surface area contributed by atoms with Gasteiger partial charge in [0.15, 0.2) is 0 Å². The van der Waals surface area contributed by atoms with Crippen molar-refractivity contribution in [2.45, 2.75) is 19.9 Å². The molecule has 1 aromatic carbocycles. The lowest BCUT2D eigenvalue weighted by atomic mass is 10.0. The number of hydrogen-bond donors (Lipinski definition) is 2. The zero-order valence-electron chi connectivity index (χ0n) is 13.9. The summed E-state index contributed by atoms with van der Waals surface area (Å²) in [6, 6.07) is 11.0. The van der Waals surface area contributed by atoms with Crippen LogP contribution >= 0.6 is 0 Å². The predicted octanol–water partition coefficient (Wildman–Crippen LogP) is 3.09. The first kappa shape index (κ1) is 16.0. The molecule has 0 aliphatic heterocycles. The van der Waals surface area contributed by atoms with Gasteiger partial charge in [-0.2, -0.15) is 0 Å². The van der Waals surface area contributed by atoms with Crippen LogP contribution < -0.4 is 10.1 Å². The molecular weight excluding hydrogens is 304 g/mol. The maximum atomic E-state index is 12.5. The minimum Gasteiger partial charge on any atom is -0.481 e. The average Bonchev–Trinajstić information content (AvgIpc) is 3.02. The van der Waals surface area contributed by atoms with Gasteiger partial charge in [-0.3, -0.25) is 4.79 Å². The molecule has 0 saturated carbocycles. The number of nitrogens with zero attached hydrogens (tertiary/aromatic N) is 2. The van der Waals surface area contributed by atoms with Gasteiger partial charge in [-0.1, -0.05) is 26.0 Å². The maximum Gasteiger partial charge on any atom is 0.253 e. The molecule has 0 radical (unpaired) electrons. The van der Waals surface area contributed by atoms with E-state index in [4.69, 9.17) is 4.74 Å². The Kier molecular flexibility index (Phi) is 4.46. The molecule has 124 valence electrons. The molecule has 3 rings (SSSR count). The minimum absolute atomic E-state index is 0.181. The van der Waals surface area contributed by atoms with E-state index < -0.39 is 0 Å². The lowest BCUT2D eigenvalue weighted by molar-refractivity contribution is 0.0923. The van der Waals surface area contributed by atoms with Crippen molar-refractivity contribution >= 4 is 16.9 Å². The smallest absolute Gasteiger partial charge is 0.253 e. The number of nitrogens with one attached hydrogen (secondary N) is 2. The molecule has 0 saturated heterocycles. The van der Waals surface area contributed by atoms with Crippen LogP contribution in [0.4, 0.5) is 0 Å². The molecule has 1 amide bonds. The summed E-state index contributed by atoms with van der Waals surface area (Å²) in [6.45, 7) is 4.09. The molecule has 24 heavy (non-hydrogen) atoms. The third kappa shape index (κ3) is 3.22. The summed E-state index contributed by atoms with van der Waals surface area (Å²) in [7, 11) is 1.54. The third-order valence-corrected chi connectivity index (χ3v) is 3.86. The van der Waals surface area contributed by atoms with Gasteiger partial charge in [0.1, 0.15) is 5.82 Å². The number of amides is 1. The molecule has 0 aliphatic carbocycles. The summed E-state index contributed by atoms with van der Waals surface area (Å²) in [6.07, 6.45) is 1.50. The molecule has 2 N–H and O–H groups in total. The molecule has 0 spiro atoms. The van der Waals surface area contributed by atoms with E-state index in [0.29, 0.717) is 11.4 Å². The van der Waals surface area contributed by atoms with Crippen LogP contribution in [-0.4, -0.2) is 28.0 Å². The van der Waals surface area contributed by atoms with E-state index in [2.05, 4.69) is 20.3 Å². The van der Waals surface area contributed by atoms with Crippen molar-refractivity contribution in [2.24, 2.45) is 5.92 Å². The van der Waals surface area contributed by atoms with Gasteiger partial charge in [0.25, 0.3) is 5.91 Å². The number of aromatic nitrogens is 3. The summed E-state index contributed by atoms with van der Waals surface area (Å²) >= 11 is 0. The number of fused-ring (bicyclic) bond motifs is 1. The number of pyridine rings is 1. The van der Waals surface area contributed by atoms with Crippen molar-refractivity contribution in [3.05, 3.63) is 54.0 Å². The van der Waals surface area contributed by atoms with Gasteiger partial charge in [-0.15, -0.1) is 0 Å². The van der Waals surface area contributed by atoms with Gasteiger partial charge in [0.05, 0.1) is 29.7 Å². The predicted molar refractivity (Wildman–Crippen MR) is 91.9 cm³/mol. The first-order chi connectivity index (χ1) is 11.6. The second-order valence-corrected chi connectivity index (χ2v) is 5.92. The molecule has 3 aromatic rings. The quantitative estimate of drug-likeness (QED) is 0.756. The normalized spacial score (nSPS) is 12.3. The molecule has 1 unspecified atom stereocenters. The maximum absolute atomic E-state index is 12.5. The SMILES string of the molecule is COc1ccc(C(=O)NC(c2nc3ccccc3[nH]2)C(C)C)cn1. The van der Waals surface area contributed by atoms with Crippen LogP contribution in [0.3, 0.4) is 0 Å². The highest BCUT2D eigenvalue weighted by molar-refractivity contribution is 5.94. The summed E-state index contributed by atoms with van der Waals surface area (Å²) in [5.74, 6) is 1.22. The van der Waals surface area contributed by atoms with E-state index in [1.807, 2.05) is 38.1 Å². The summed E-state index contributed by atoms with van der Waals surface area (Å²) in [4.78, 5) is 24.5. The fourth-order valence-corrected chi connectivity index (χ4v) is 2.53. The first-order valence-corrected chi connectivity index (χ1v) is 7.84. The molecule has 2 heterocycles. The molecular formula is C18H20N4O2. The highest BCUT2D eigenvalue weighted by atomic mass is 16.5. The second-order valence-electron chi connectivity index (χ2n) is 5.92. The molecule has 0 fully saturated rings. The van der Waals surface area contributed by atoms with Crippen LogP contribution in [0.1, 0.15) is 36.1 Å². The van der Waals surface area contributed by atoms with Gasteiger partial charge >= 0.3 is 0 Å². The number of methoxy groups -OCH3 is 1. The molecule has 0 bridgehead atoms. The van der Waals surface area contributed by atoms with E-state index in [-0.39, 0.29) is 17.9 Å². The fourth-order valence-electron chi connectivity index (χ4n) is 2.53. The molecule has 1 atom stereocenters. The topological polar surface area (TPSA) is 79.9 Å². The largest absolute Gasteiger partial charge is 0.481 e. The lowest BCUT2D eigenvalue weighted by Gasteiger charge is -2.20. The zero-order valence-corrected chi connectivity index (χ0v) is 13.9. The van der Waals surface area contributed by atoms with Crippen LogP contribution in [0.25, 0.3) is 11.0 Å². The summed E-state index contributed by atoms with van der Waals surface area (Å²) in [5.41, 5.74) is 2.33. The van der Waals surface area contributed by atoms with Crippen LogP contribution in [0, 0.1) is 5.92 Å². The van der Waals surface area contributed by atoms with Crippen molar-refractivity contribution in [1.82, 2.24) is 20.3 Å². The van der Waals surface area contributed by atoms with E-state index in [9.17, 15) is 4.79 Å². The second kappa shape index (κ2) is 6.70. The number of hydrogen-bond acceptors (Lipinski definition) is 4. The highest BCUT2D eigenvalue weighted by Crippen LogP contribution is 2.22. The molecule has 6 nitrogen and oxygen atoms in total. The first-order valence-electron chi connectivity index (χ1n) is 7.84. The van der Waals surface area contributed by atoms with E-state index in [0.717, 1.165) is 16.9 Å². The Bertz CT molecular complexity index is 807. The van der Waals surface area contributed by atoms with Crippen LogP contribution in [0.5, 0.6) is 5.88 Å². The van der Waals surface area contributed by atoms with Gasteiger partial charge in [0, 0.05) is 12.3 Å². The Balaban J connectivity index is 1.84. The van der Waals surface area contributed by atoms with Crippen LogP contribution in [0.2, 0.25) is 0 Å². The van der Waals surface area contributed by atoms with Gasteiger partial charge in [-0.25, -0.2) is 9.97 Å². The standard InChI is InChI=1S/C18H20N4O2/c1-11(2)16(17-20-13-6-4-5-7-14(13)21-17)22-18(23)12-8-9-15(24-3)19-10-12/h4-11,16H,1-3H3,(H,20,21)(H,22,23). The van der Waals surface area contributed by atoms with Crippen molar-refractivity contribution in [2.75, 3.05) is 7.11 Å². The number of para-hydroxylation sites is 2. The number of carbonyl (C=O) groups excluding carboxylic acids is 1. The lowest BCUT2D eigenvalue weighted by Crippen LogP contribution is -2.32. The number of ether oxygens (including phenoxy) is 1. The third-order valence-electron chi connectivity index (χ3n) is 3.86. The zero-order chi connectivity index (χ0) is 17.1. The Hall–Kier alpha value is -2.89. The van der Waals surface area contributed by atoms with Crippen molar-refractivity contribution in [1.29, 1.82) is 0 Å². The molecule has 6 heteroatoms. The number of aromatic amines is 1. The Labute approximate surface area is 140 Å². The average molecular weight is 324 g/mol. The van der Waals surface area contributed by atoms with E-state index in [1.165, 1.54) is 6.20 Å². The van der Waals surface area contributed by atoms with Gasteiger partial charge in [0.2, 0.25) is 5.88 Å². The fraction of sp³-hybridized carbons (Fsp3) is 0.278. The van der Waals surface area contributed by atoms with Gasteiger partial charge in [-0.05, 0) is 24.1 Å². The van der Waals surface area contributed by atoms with Crippen LogP contribution in [0.15, 0.2) is 42.6 Å². The Morgan fingerprint density at radius 2 is 2.00 bits per heavy atom. The number of H-pyrrole nitrogens is 1. The minimum atomic E-state index is -0.216. The number of imidazole rings is 1. The molecule has 0 aliphatic rings. The number of rotatable bonds is 5. The number of benzene rings is 1. The Morgan fingerprint density at radius 3 is 2.62 bits per heavy atom. The highest BCUT2D eigenvalue weighted by Gasteiger charge is 2.22. The van der Waals surface area contributed by atoms with Crippen molar-refractivity contribution in [3.63, 3.8) is 0 Å². The Morgan fingerprint density at radius 1 is 1.21 bits per heavy atom. The van der Waals surface area contributed by atoms with E-state index >= 15 is 0 Å². The van der Waals surface area contributed by atoms with Crippen LogP contribution in [-0.2, 0) is 0 Å². The summed E-state index contributed by atoms with van der Waals surface area (Å²) in [5, 5.41) is 3.03.